The number of anilines is 2. The lowest BCUT2D eigenvalue weighted by Crippen LogP contribution is -2.37. The molecule has 0 saturated carbocycles. The van der Waals surface area contributed by atoms with Crippen molar-refractivity contribution >= 4 is 23.3 Å². The van der Waals surface area contributed by atoms with Crippen LogP contribution in [0.3, 0.4) is 0 Å². The first-order chi connectivity index (χ1) is 15.0. The molecule has 1 N–H and O–H groups in total. The second kappa shape index (κ2) is 10.8. The molecule has 1 aliphatic rings. The van der Waals surface area contributed by atoms with Gasteiger partial charge in [-0.15, -0.1) is 0 Å². The van der Waals surface area contributed by atoms with Crippen LogP contribution < -0.4 is 15.0 Å². The molecule has 0 aliphatic carbocycles. The molecule has 1 saturated heterocycles. The Balaban J connectivity index is 1.78. The molecule has 1 fully saturated rings. The minimum Gasteiger partial charge on any atom is -0.491 e. The van der Waals surface area contributed by atoms with Gasteiger partial charge in [0.25, 0.3) is 5.91 Å². The molecule has 2 aromatic rings. The van der Waals surface area contributed by atoms with Crippen molar-refractivity contribution < 1.29 is 23.8 Å². The summed E-state index contributed by atoms with van der Waals surface area (Å²) in [7, 11) is 0. The molecule has 2 aromatic carbocycles. The highest BCUT2D eigenvalue weighted by Crippen LogP contribution is 2.27. The number of morpholine rings is 1. The van der Waals surface area contributed by atoms with E-state index in [-0.39, 0.29) is 12.0 Å². The van der Waals surface area contributed by atoms with Gasteiger partial charge in [-0.3, -0.25) is 4.79 Å². The highest BCUT2D eigenvalue weighted by molar-refractivity contribution is 6.05. The lowest BCUT2D eigenvalue weighted by molar-refractivity contribution is 0.0504. The Morgan fingerprint density at radius 2 is 1.81 bits per heavy atom. The summed E-state index contributed by atoms with van der Waals surface area (Å²) in [6, 6.07) is 12.3. The normalized spacial score (nSPS) is 13.7. The van der Waals surface area contributed by atoms with Crippen LogP contribution in [0.25, 0.3) is 0 Å². The molecule has 0 unspecified atom stereocenters. The number of hydrogen-bond donors (Lipinski definition) is 1. The number of nitrogens with zero attached hydrogens (tertiary/aromatic N) is 1. The fourth-order valence-electron chi connectivity index (χ4n) is 3.29. The fourth-order valence-corrected chi connectivity index (χ4v) is 3.29. The molecule has 1 aliphatic heterocycles. The number of esters is 1. The van der Waals surface area contributed by atoms with Crippen molar-refractivity contribution in [3.05, 3.63) is 53.6 Å². The van der Waals surface area contributed by atoms with E-state index < -0.39 is 5.97 Å². The lowest BCUT2D eigenvalue weighted by Gasteiger charge is -2.30. The van der Waals surface area contributed by atoms with Crippen LogP contribution in [0.5, 0.6) is 5.75 Å². The topological polar surface area (TPSA) is 77.1 Å². The summed E-state index contributed by atoms with van der Waals surface area (Å²) in [6.45, 7) is 8.81. The summed E-state index contributed by atoms with van der Waals surface area (Å²) < 4.78 is 16.4. The molecule has 166 valence electrons. The van der Waals surface area contributed by atoms with E-state index in [0.717, 1.165) is 12.1 Å². The van der Waals surface area contributed by atoms with Crippen molar-refractivity contribution in [1.29, 1.82) is 0 Å². The van der Waals surface area contributed by atoms with Gasteiger partial charge < -0.3 is 24.4 Å². The molecule has 7 heteroatoms. The largest absolute Gasteiger partial charge is 0.491 e. The zero-order valence-corrected chi connectivity index (χ0v) is 18.3. The van der Waals surface area contributed by atoms with Crippen LogP contribution >= 0.6 is 0 Å². The third-order valence-electron chi connectivity index (χ3n) is 4.75. The van der Waals surface area contributed by atoms with E-state index in [2.05, 4.69) is 10.2 Å². The van der Waals surface area contributed by atoms with Gasteiger partial charge in [-0.1, -0.05) is 6.92 Å². The van der Waals surface area contributed by atoms with Gasteiger partial charge in [0.2, 0.25) is 0 Å². The first-order valence-electron chi connectivity index (χ1n) is 10.7. The maximum absolute atomic E-state index is 12.7. The predicted molar refractivity (Wildman–Crippen MR) is 120 cm³/mol. The van der Waals surface area contributed by atoms with Crippen molar-refractivity contribution in [3.63, 3.8) is 0 Å². The van der Waals surface area contributed by atoms with Crippen LogP contribution in [0.2, 0.25) is 0 Å². The Bertz CT molecular complexity index is 889. The van der Waals surface area contributed by atoms with Gasteiger partial charge in [0.1, 0.15) is 5.75 Å². The average molecular weight is 427 g/mol. The quantitative estimate of drug-likeness (QED) is 0.640. The number of amides is 1. The van der Waals surface area contributed by atoms with Crippen LogP contribution in [0.4, 0.5) is 11.4 Å². The Morgan fingerprint density at radius 1 is 1.10 bits per heavy atom. The number of rotatable bonds is 8. The van der Waals surface area contributed by atoms with Crippen molar-refractivity contribution in [2.24, 2.45) is 0 Å². The summed E-state index contributed by atoms with van der Waals surface area (Å²) in [5.74, 6) is 0.0556. The second-order valence-corrected chi connectivity index (χ2v) is 7.61. The van der Waals surface area contributed by atoms with Gasteiger partial charge in [-0.2, -0.15) is 0 Å². The summed E-state index contributed by atoms with van der Waals surface area (Å²) in [6.07, 6.45) is 0.807. The van der Waals surface area contributed by atoms with E-state index in [0.29, 0.717) is 55.5 Å². The maximum atomic E-state index is 12.7. The number of hydrogen-bond acceptors (Lipinski definition) is 6. The average Bonchev–Trinajstić information content (AvgIpc) is 2.78. The molecule has 0 aromatic heterocycles. The van der Waals surface area contributed by atoms with Crippen molar-refractivity contribution in [2.75, 3.05) is 43.1 Å². The van der Waals surface area contributed by atoms with E-state index in [4.69, 9.17) is 14.2 Å². The Labute approximate surface area is 183 Å². The summed E-state index contributed by atoms with van der Waals surface area (Å²) in [5.41, 5.74) is 2.27. The summed E-state index contributed by atoms with van der Waals surface area (Å²) >= 11 is 0. The SMILES string of the molecule is CCCOC(=O)c1cc(NC(=O)c2ccc(OC(C)C)cc2)ccc1N1CCOCC1. The highest BCUT2D eigenvalue weighted by Gasteiger charge is 2.21. The molecule has 31 heavy (non-hydrogen) atoms. The monoisotopic (exact) mass is 426 g/mol. The first kappa shape index (κ1) is 22.6. The summed E-state index contributed by atoms with van der Waals surface area (Å²) in [5, 5.41) is 2.87. The number of carbonyl (C=O) groups excluding carboxylic acids is 2. The van der Waals surface area contributed by atoms with Gasteiger partial charge in [0.05, 0.1) is 37.2 Å². The zero-order valence-electron chi connectivity index (χ0n) is 18.3. The molecule has 7 nitrogen and oxygen atoms in total. The third kappa shape index (κ3) is 6.21. The Morgan fingerprint density at radius 3 is 2.45 bits per heavy atom. The molecule has 0 bridgehead atoms. The molecule has 3 rings (SSSR count). The van der Waals surface area contributed by atoms with Gasteiger partial charge >= 0.3 is 5.97 Å². The Kier molecular flexibility index (Phi) is 7.89. The molecule has 0 spiro atoms. The van der Waals surface area contributed by atoms with Crippen molar-refractivity contribution in [2.45, 2.75) is 33.3 Å². The van der Waals surface area contributed by atoms with Crippen molar-refractivity contribution in [3.8, 4) is 5.75 Å². The molecule has 0 radical (unpaired) electrons. The van der Waals surface area contributed by atoms with E-state index in [1.54, 1.807) is 36.4 Å². The van der Waals surface area contributed by atoms with Gasteiger partial charge in [-0.25, -0.2) is 4.79 Å². The highest BCUT2D eigenvalue weighted by atomic mass is 16.5. The first-order valence-corrected chi connectivity index (χ1v) is 10.7. The summed E-state index contributed by atoms with van der Waals surface area (Å²) in [4.78, 5) is 27.5. The number of benzene rings is 2. The fraction of sp³-hybridized carbons (Fsp3) is 0.417. The second-order valence-electron chi connectivity index (χ2n) is 7.61. The molecule has 1 heterocycles. The van der Waals surface area contributed by atoms with Gasteiger partial charge in [0.15, 0.2) is 0 Å². The minimum absolute atomic E-state index is 0.0653. The molecule has 1 amide bonds. The van der Waals surface area contributed by atoms with E-state index >= 15 is 0 Å². The van der Waals surface area contributed by atoms with E-state index in [1.807, 2.05) is 26.8 Å². The van der Waals surface area contributed by atoms with Crippen LogP contribution in [-0.2, 0) is 9.47 Å². The lowest BCUT2D eigenvalue weighted by atomic mass is 10.1. The third-order valence-corrected chi connectivity index (χ3v) is 4.75. The maximum Gasteiger partial charge on any atom is 0.340 e. The van der Waals surface area contributed by atoms with Crippen molar-refractivity contribution in [1.82, 2.24) is 0 Å². The van der Waals surface area contributed by atoms with Crippen LogP contribution in [0.15, 0.2) is 42.5 Å². The molecular formula is C24H30N2O5. The number of carbonyl (C=O) groups is 2. The predicted octanol–water partition coefficient (Wildman–Crippen LogP) is 4.13. The zero-order chi connectivity index (χ0) is 22.2. The van der Waals surface area contributed by atoms with Crippen LogP contribution in [0.1, 0.15) is 47.9 Å². The minimum atomic E-state index is -0.394. The standard InChI is InChI=1S/C24H30N2O5/c1-4-13-30-24(28)21-16-19(7-10-22(21)26-11-14-29-15-12-26)25-23(27)18-5-8-20(9-6-18)31-17(2)3/h5-10,16-17H,4,11-15H2,1-3H3,(H,25,27). The smallest absolute Gasteiger partial charge is 0.340 e. The Hall–Kier alpha value is -3.06. The molecular weight excluding hydrogens is 396 g/mol. The van der Waals surface area contributed by atoms with E-state index in [1.165, 1.54) is 0 Å². The van der Waals surface area contributed by atoms with Gasteiger partial charge in [0, 0.05) is 24.3 Å². The number of ether oxygens (including phenoxy) is 3. The van der Waals surface area contributed by atoms with E-state index in [9.17, 15) is 9.59 Å². The number of nitrogens with one attached hydrogen (secondary N) is 1. The van der Waals surface area contributed by atoms with Gasteiger partial charge in [-0.05, 0) is 62.7 Å². The molecule has 0 atom stereocenters. The van der Waals surface area contributed by atoms with Crippen LogP contribution in [-0.4, -0.2) is 50.9 Å². The van der Waals surface area contributed by atoms with Crippen LogP contribution in [0, 0.1) is 0 Å².